The summed E-state index contributed by atoms with van der Waals surface area (Å²) in [5, 5.41) is 14.8. The van der Waals surface area contributed by atoms with E-state index < -0.39 is 0 Å². The van der Waals surface area contributed by atoms with E-state index >= 15 is 0 Å². The number of aromatic nitrogens is 3. The van der Waals surface area contributed by atoms with Gasteiger partial charge in [0, 0.05) is 33.6 Å². The maximum absolute atomic E-state index is 12.2. The van der Waals surface area contributed by atoms with Gasteiger partial charge in [-0.25, -0.2) is 0 Å². The number of carbonyl (C=O) groups excluding carboxylic acids is 1. The number of thioether (sulfide) groups is 1. The number of nitrogens with one attached hydrogen (secondary N) is 1. The predicted molar refractivity (Wildman–Crippen MR) is 109 cm³/mol. The van der Waals surface area contributed by atoms with Crippen molar-refractivity contribution in [2.75, 3.05) is 11.1 Å². The second-order valence-electron chi connectivity index (χ2n) is 5.82. The number of rotatable bonds is 6. The Morgan fingerprint density at radius 3 is 2.88 bits per heavy atom. The summed E-state index contributed by atoms with van der Waals surface area (Å²) in [5.74, 6) is 0.963. The van der Waals surface area contributed by atoms with E-state index in [0.717, 1.165) is 29.1 Å². The van der Waals surface area contributed by atoms with Crippen molar-refractivity contribution in [2.24, 2.45) is 7.05 Å². The molecule has 0 aliphatic rings. The molecule has 0 fully saturated rings. The van der Waals surface area contributed by atoms with Gasteiger partial charge >= 0.3 is 0 Å². The smallest absolute Gasteiger partial charge is 0.234 e. The fraction of sp³-hybridized carbons (Fsp3) is 0.278. The summed E-state index contributed by atoms with van der Waals surface area (Å²) in [5.41, 5.74) is 2.76. The first kappa shape index (κ1) is 18.9. The Bertz CT molecular complexity index is 935. The lowest BCUT2D eigenvalue weighted by Gasteiger charge is -2.08. The van der Waals surface area contributed by atoms with Crippen molar-refractivity contribution >= 4 is 46.3 Å². The molecule has 26 heavy (non-hydrogen) atoms. The Morgan fingerprint density at radius 2 is 2.15 bits per heavy atom. The first-order valence-corrected chi connectivity index (χ1v) is 10.4. The van der Waals surface area contributed by atoms with Gasteiger partial charge in [-0.1, -0.05) is 36.4 Å². The Morgan fingerprint density at radius 1 is 1.35 bits per heavy atom. The molecule has 0 bridgehead atoms. The van der Waals surface area contributed by atoms with Crippen LogP contribution in [0.25, 0.3) is 11.4 Å². The molecule has 2 aromatic heterocycles. The van der Waals surface area contributed by atoms with E-state index in [1.165, 1.54) is 16.6 Å². The summed E-state index contributed by atoms with van der Waals surface area (Å²) in [6, 6.07) is 7.57. The third kappa shape index (κ3) is 4.28. The zero-order chi connectivity index (χ0) is 18.7. The third-order valence-electron chi connectivity index (χ3n) is 3.90. The Labute approximate surface area is 165 Å². The van der Waals surface area contributed by atoms with Crippen molar-refractivity contribution in [1.82, 2.24) is 14.8 Å². The number of amides is 1. The van der Waals surface area contributed by atoms with Gasteiger partial charge in [0.2, 0.25) is 5.91 Å². The van der Waals surface area contributed by atoms with E-state index in [1.807, 2.05) is 24.6 Å². The van der Waals surface area contributed by atoms with Crippen molar-refractivity contribution in [1.29, 1.82) is 0 Å². The maximum Gasteiger partial charge on any atom is 0.234 e. The topological polar surface area (TPSA) is 59.8 Å². The lowest BCUT2D eigenvalue weighted by Crippen LogP contribution is -2.15. The molecule has 5 nitrogen and oxygen atoms in total. The summed E-state index contributed by atoms with van der Waals surface area (Å²) in [6.07, 6.45) is 1.01. The van der Waals surface area contributed by atoms with E-state index in [1.54, 1.807) is 23.5 Å². The molecule has 0 atom stereocenters. The molecule has 2 heterocycles. The number of anilines is 1. The van der Waals surface area contributed by atoms with E-state index in [4.69, 9.17) is 11.6 Å². The minimum atomic E-state index is -0.103. The van der Waals surface area contributed by atoms with Crippen molar-refractivity contribution < 1.29 is 4.79 Å². The van der Waals surface area contributed by atoms with Crippen LogP contribution in [0, 0.1) is 6.92 Å². The van der Waals surface area contributed by atoms with Crippen LogP contribution < -0.4 is 5.32 Å². The normalized spacial score (nSPS) is 10.9. The zero-order valence-electron chi connectivity index (χ0n) is 14.7. The molecule has 1 amide bonds. The van der Waals surface area contributed by atoms with Gasteiger partial charge in [0.25, 0.3) is 0 Å². The van der Waals surface area contributed by atoms with Crippen LogP contribution >= 0.6 is 34.7 Å². The van der Waals surface area contributed by atoms with Gasteiger partial charge in [0.1, 0.15) is 0 Å². The van der Waals surface area contributed by atoms with Gasteiger partial charge in [0.15, 0.2) is 11.0 Å². The summed E-state index contributed by atoms with van der Waals surface area (Å²) in [4.78, 5) is 13.6. The minimum Gasteiger partial charge on any atom is -0.325 e. The van der Waals surface area contributed by atoms with Gasteiger partial charge in [0.05, 0.1) is 5.75 Å². The molecule has 0 spiro atoms. The lowest BCUT2D eigenvalue weighted by molar-refractivity contribution is -0.113. The Kier molecular flexibility index (Phi) is 6.01. The molecule has 0 unspecified atom stereocenters. The van der Waals surface area contributed by atoms with E-state index in [9.17, 15) is 4.79 Å². The highest BCUT2D eigenvalue weighted by Crippen LogP contribution is 2.27. The van der Waals surface area contributed by atoms with Crippen molar-refractivity contribution in [2.45, 2.75) is 25.4 Å². The van der Waals surface area contributed by atoms with Crippen molar-refractivity contribution in [3.05, 3.63) is 45.1 Å². The second kappa shape index (κ2) is 8.24. The molecule has 0 saturated carbocycles. The zero-order valence-corrected chi connectivity index (χ0v) is 17.1. The Hall–Kier alpha value is -1.83. The summed E-state index contributed by atoms with van der Waals surface area (Å²) in [7, 11) is 1.92. The van der Waals surface area contributed by atoms with Crippen molar-refractivity contribution in [3.63, 3.8) is 0 Å². The van der Waals surface area contributed by atoms with Gasteiger partial charge in [-0.2, -0.15) is 0 Å². The molecule has 8 heteroatoms. The van der Waals surface area contributed by atoms with Crippen molar-refractivity contribution in [3.8, 4) is 11.4 Å². The third-order valence-corrected chi connectivity index (χ3v) is 6.24. The number of halogens is 1. The van der Waals surface area contributed by atoms with Gasteiger partial charge in [-0.3, -0.25) is 4.79 Å². The molecular weight excluding hydrogens is 388 g/mol. The first-order valence-electron chi connectivity index (χ1n) is 8.14. The number of hydrogen-bond acceptors (Lipinski definition) is 5. The molecule has 1 aromatic carbocycles. The van der Waals surface area contributed by atoms with Crippen LogP contribution in [-0.2, 0) is 18.3 Å². The average Bonchev–Trinajstić information content (AvgIpc) is 3.23. The second-order valence-corrected chi connectivity index (χ2v) is 8.19. The molecule has 0 aliphatic carbocycles. The van der Waals surface area contributed by atoms with Crippen LogP contribution in [-0.4, -0.2) is 26.4 Å². The molecule has 0 aliphatic heterocycles. The molecule has 136 valence electrons. The fourth-order valence-electron chi connectivity index (χ4n) is 2.42. The van der Waals surface area contributed by atoms with Crippen LogP contribution in [0.2, 0.25) is 5.02 Å². The number of nitrogens with zero attached hydrogens (tertiary/aromatic N) is 3. The molecule has 0 saturated heterocycles. The van der Waals surface area contributed by atoms with Gasteiger partial charge < -0.3 is 9.88 Å². The first-order chi connectivity index (χ1) is 12.5. The number of benzene rings is 1. The van der Waals surface area contributed by atoms with Crippen LogP contribution in [0.15, 0.2) is 34.8 Å². The quantitative estimate of drug-likeness (QED) is 0.597. The minimum absolute atomic E-state index is 0.103. The van der Waals surface area contributed by atoms with E-state index in [-0.39, 0.29) is 11.7 Å². The highest BCUT2D eigenvalue weighted by atomic mass is 35.5. The standard InChI is InChI=1S/C18H19ClN4OS2/c1-4-14-7-12(9-25-14)17-21-22-18(23(17)3)26-10-16(24)20-15-8-13(19)6-5-11(15)2/h5-9H,4,10H2,1-3H3,(H,20,24). The van der Waals surface area contributed by atoms with Crippen LogP contribution in [0.3, 0.4) is 0 Å². The molecule has 1 N–H and O–H groups in total. The molecular formula is C18H19ClN4OS2. The van der Waals surface area contributed by atoms with Gasteiger partial charge in [-0.05, 0) is 37.1 Å². The van der Waals surface area contributed by atoms with Crippen LogP contribution in [0.1, 0.15) is 17.4 Å². The maximum atomic E-state index is 12.2. The SMILES string of the molecule is CCc1cc(-c2nnc(SCC(=O)Nc3cc(Cl)ccc3C)n2C)cs1. The van der Waals surface area contributed by atoms with Crippen LogP contribution in [0.5, 0.6) is 0 Å². The summed E-state index contributed by atoms with van der Waals surface area (Å²) >= 11 is 9.07. The number of hydrogen-bond donors (Lipinski definition) is 1. The molecule has 0 radical (unpaired) electrons. The van der Waals surface area contributed by atoms with E-state index in [0.29, 0.717) is 10.2 Å². The number of thiophene rings is 1. The predicted octanol–water partition coefficient (Wildman–Crippen LogP) is 4.80. The van der Waals surface area contributed by atoms with Crippen LogP contribution in [0.4, 0.5) is 5.69 Å². The number of aryl methyl sites for hydroxylation is 2. The average molecular weight is 407 g/mol. The fourth-order valence-corrected chi connectivity index (χ4v) is 4.12. The summed E-state index contributed by atoms with van der Waals surface area (Å²) in [6.45, 7) is 4.06. The van der Waals surface area contributed by atoms with E-state index in [2.05, 4.69) is 33.9 Å². The van der Waals surface area contributed by atoms with Gasteiger partial charge in [-0.15, -0.1) is 21.5 Å². The largest absolute Gasteiger partial charge is 0.325 e. The highest BCUT2D eigenvalue weighted by Gasteiger charge is 2.14. The lowest BCUT2D eigenvalue weighted by atomic mass is 10.2. The molecule has 3 rings (SSSR count). The highest BCUT2D eigenvalue weighted by molar-refractivity contribution is 7.99. The monoisotopic (exact) mass is 406 g/mol. The number of carbonyl (C=O) groups is 1. The molecule has 3 aromatic rings. The Balaban J connectivity index is 1.64. The summed E-state index contributed by atoms with van der Waals surface area (Å²) < 4.78 is 1.92.